The third-order valence-corrected chi connectivity index (χ3v) is 6.74. The van der Waals surface area contributed by atoms with E-state index in [1.54, 1.807) is 10.6 Å². The number of carbonyl (C=O) groups is 2. The van der Waals surface area contributed by atoms with Gasteiger partial charge in [-0.05, 0) is 62.4 Å². The Labute approximate surface area is 207 Å². The van der Waals surface area contributed by atoms with Crippen molar-refractivity contribution in [2.24, 2.45) is 7.05 Å². The molecule has 7 nitrogen and oxygen atoms in total. The number of aryl methyl sites for hydroxylation is 2. The van der Waals surface area contributed by atoms with Crippen LogP contribution in [0, 0.1) is 6.92 Å². The molecule has 1 N–H and O–H groups in total. The molecule has 0 radical (unpaired) electrons. The monoisotopic (exact) mass is 473 g/mol. The van der Waals surface area contributed by atoms with Crippen molar-refractivity contribution in [3.05, 3.63) is 83.3 Å². The summed E-state index contributed by atoms with van der Waals surface area (Å²) in [5, 5.41) is 3.02. The number of likely N-dealkylation sites (N-methyl/N-ethyl adjacent to an activating group) is 1. The molecule has 0 bridgehead atoms. The Morgan fingerprint density at radius 2 is 1.83 bits per heavy atom. The second-order valence-electron chi connectivity index (χ2n) is 9.36. The topological polar surface area (TPSA) is 70.5 Å². The van der Waals surface area contributed by atoms with Gasteiger partial charge in [-0.2, -0.15) is 0 Å². The normalized spacial score (nSPS) is 14.1. The molecule has 7 heteroatoms. The largest absolute Gasteiger partial charge is 0.357 e. The number of carbonyl (C=O) groups excluding carboxylic acids is 2. The number of anilines is 1. The van der Waals surface area contributed by atoms with E-state index in [9.17, 15) is 9.59 Å². The lowest BCUT2D eigenvalue weighted by molar-refractivity contribution is 0.0722. The molecular weight excluding hydrogens is 438 g/mol. The fourth-order valence-corrected chi connectivity index (χ4v) is 4.71. The van der Waals surface area contributed by atoms with E-state index < -0.39 is 0 Å². The summed E-state index contributed by atoms with van der Waals surface area (Å²) in [5.41, 5.74) is 3.29. The van der Waals surface area contributed by atoms with Gasteiger partial charge in [0.1, 0.15) is 11.5 Å². The molecule has 4 rings (SSSR count). The van der Waals surface area contributed by atoms with E-state index in [0.29, 0.717) is 30.6 Å². The summed E-state index contributed by atoms with van der Waals surface area (Å²) in [7, 11) is 3.72. The van der Waals surface area contributed by atoms with Gasteiger partial charge >= 0.3 is 0 Å². The molecule has 0 saturated carbocycles. The standard InChI is InChI=1S/C28H35N5O2/c1-21-18-23(20-26(30-21)33-16-7-8-17-33)28(35)32(3)24(19-22-10-5-4-6-11-22)13-14-29-27(34)25-12-9-15-31(25)2/h4-6,9-12,15,18,20,24H,7-8,13-14,16-17,19H2,1-3H3,(H,29,34)/t24-/m1/s1. The van der Waals surface area contributed by atoms with E-state index in [1.165, 1.54) is 0 Å². The Balaban J connectivity index is 1.49. The van der Waals surface area contributed by atoms with Crippen LogP contribution in [0.3, 0.4) is 0 Å². The SMILES string of the molecule is Cc1cc(C(=O)N(C)[C@H](CCNC(=O)c2cccn2C)Cc2ccccc2)cc(N2CCCC2)n1. The molecule has 35 heavy (non-hydrogen) atoms. The number of nitrogens with zero attached hydrogens (tertiary/aromatic N) is 4. The van der Waals surface area contributed by atoms with Crippen molar-refractivity contribution in [2.75, 3.05) is 31.6 Å². The number of benzene rings is 1. The molecule has 0 spiro atoms. The van der Waals surface area contributed by atoms with E-state index in [1.807, 2.05) is 68.5 Å². The molecule has 1 aliphatic rings. The molecule has 1 saturated heterocycles. The van der Waals surface area contributed by atoms with E-state index in [0.717, 1.165) is 43.0 Å². The average Bonchev–Trinajstić information content (AvgIpc) is 3.55. The number of rotatable bonds is 9. The minimum absolute atomic E-state index is 0.0226. The minimum atomic E-state index is -0.107. The molecule has 184 valence electrons. The summed E-state index contributed by atoms with van der Waals surface area (Å²) in [5.74, 6) is 0.754. The maximum Gasteiger partial charge on any atom is 0.267 e. The number of amides is 2. The summed E-state index contributed by atoms with van der Waals surface area (Å²) >= 11 is 0. The van der Waals surface area contributed by atoms with Crippen molar-refractivity contribution in [2.45, 2.75) is 38.6 Å². The van der Waals surface area contributed by atoms with Crippen molar-refractivity contribution in [3.8, 4) is 0 Å². The zero-order valence-electron chi connectivity index (χ0n) is 20.9. The zero-order valence-corrected chi connectivity index (χ0v) is 20.9. The Bertz CT molecular complexity index is 1150. The number of nitrogens with one attached hydrogen (secondary N) is 1. The van der Waals surface area contributed by atoms with Gasteiger partial charge in [0, 0.05) is 57.2 Å². The lowest BCUT2D eigenvalue weighted by Gasteiger charge is -2.29. The second-order valence-corrected chi connectivity index (χ2v) is 9.36. The average molecular weight is 474 g/mol. The fourth-order valence-electron chi connectivity index (χ4n) is 4.71. The van der Waals surface area contributed by atoms with Crippen LogP contribution in [0.15, 0.2) is 60.8 Å². The molecule has 2 amide bonds. The molecule has 3 heterocycles. The van der Waals surface area contributed by atoms with Crippen molar-refractivity contribution in [1.82, 2.24) is 19.8 Å². The van der Waals surface area contributed by atoms with E-state index >= 15 is 0 Å². The first-order chi connectivity index (χ1) is 16.9. The van der Waals surface area contributed by atoms with Gasteiger partial charge in [-0.15, -0.1) is 0 Å². The van der Waals surface area contributed by atoms with Gasteiger partial charge in [0.05, 0.1) is 0 Å². The second kappa shape index (κ2) is 11.2. The highest BCUT2D eigenvalue weighted by Crippen LogP contribution is 2.22. The summed E-state index contributed by atoms with van der Waals surface area (Å²) in [6.45, 7) is 4.39. The minimum Gasteiger partial charge on any atom is -0.357 e. The Kier molecular flexibility index (Phi) is 7.85. The number of pyridine rings is 1. The lowest BCUT2D eigenvalue weighted by atomic mass is 10.0. The van der Waals surface area contributed by atoms with Crippen LogP contribution in [-0.2, 0) is 13.5 Å². The van der Waals surface area contributed by atoms with E-state index in [-0.39, 0.29) is 17.9 Å². The van der Waals surface area contributed by atoms with Crippen LogP contribution in [-0.4, -0.2) is 59.0 Å². The molecule has 1 aliphatic heterocycles. The van der Waals surface area contributed by atoms with Gasteiger partial charge in [-0.3, -0.25) is 9.59 Å². The molecule has 1 atom stereocenters. The summed E-state index contributed by atoms with van der Waals surface area (Å²) in [4.78, 5) is 34.9. The summed E-state index contributed by atoms with van der Waals surface area (Å²) in [6.07, 6.45) is 5.54. The molecule has 1 aromatic carbocycles. The lowest BCUT2D eigenvalue weighted by Crippen LogP contribution is -2.41. The number of hydrogen-bond donors (Lipinski definition) is 1. The van der Waals surface area contributed by atoms with Crippen molar-refractivity contribution in [3.63, 3.8) is 0 Å². The Morgan fingerprint density at radius 1 is 1.09 bits per heavy atom. The van der Waals surface area contributed by atoms with Gasteiger partial charge < -0.3 is 19.7 Å². The van der Waals surface area contributed by atoms with Gasteiger partial charge in [-0.25, -0.2) is 4.98 Å². The van der Waals surface area contributed by atoms with Gasteiger partial charge in [0.25, 0.3) is 11.8 Å². The van der Waals surface area contributed by atoms with Crippen LogP contribution in [0.1, 0.15) is 51.4 Å². The molecular formula is C28H35N5O2. The fraction of sp³-hybridized carbons (Fsp3) is 0.393. The predicted octanol–water partition coefficient (Wildman–Crippen LogP) is 3.83. The van der Waals surface area contributed by atoms with Crippen LogP contribution < -0.4 is 10.2 Å². The third-order valence-electron chi connectivity index (χ3n) is 6.74. The van der Waals surface area contributed by atoms with E-state index in [2.05, 4.69) is 27.3 Å². The molecule has 3 aromatic rings. The van der Waals surface area contributed by atoms with Crippen LogP contribution >= 0.6 is 0 Å². The maximum absolute atomic E-state index is 13.6. The third kappa shape index (κ3) is 6.10. The highest BCUT2D eigenvalue weighted by molar-refractivity contribution is 5.95. The first kappa shape index (κ1) is 24.5. The van der Waals surface area contributed by atoms with Crippen LogP contribution in [0.2, 0.25) is 0 Å². The number of hydrogen-bond acceptors (Lipinski definition) is 4. The molecule has 0 unspecified atom stereocenters. The smallest absolute Gasteiger partial charge is 0.267 e. The molecule has 1 fully saturated rings. The van der Waals surface area contributed by atoms with Crippen LogP contribution in [0.5, 0.6) is 0 Å². The number of aromatic nitrogens is 2. The molecule has 0 aliphatic carbocycles. The van der Waals surface area contributed by atoms with E-state index in [4.69, 9.17) is 0 Å². The van der Waals surface area contributed by atoms with Gasteiger partial charge in [-0.1, -0.05) is 30.3 Å². The van der Waals surface area contributed by atoms with Crippen molar-refractivity contribution >= 4 is 17.6 Å². The van der Waals surface area contributed by atoms with Crippen molar-refractivity contribution in [1.29, 1.82) is 0 Å². The highest BCUT2D eigenvalue weighted by atomic mass is 16.2. The van der Waals surface area contributed by atoms with Crippen LogP contribution in [0.25, 0.3) is 0 Å². The zero-order chi connectivity index (χ0) is 24.8. The first-order valence-electron chi connectivity index (χ1n) is 12.4. The quantitative estimate of drug-likeness (QED) is 0.513. The Hall–Kier alpha value is -3.61. The first-order valence-corrected chi connectivity index (χ1v) is 12.4. The maximum atomic E-state index is 13.6. The molecule has 2 aromatic heterocycles. The predicted molar refractivity (Wildman–Crippen MR) is 139 cm³/mol. The van der Waals surface area contributed by atoms with Crippen LogP contribution in [0.4, 0.5) is 5.82 Å². The van der Waals surface area contributed by atoms with Gasteiger partial charge in [0.2, 0.25) is 0 Å². The van der Waals surface area contributed by atoms with Gasteiger partial charge in [0.15, 0.2) is 0 Å². The Morgan fingerprint density at radius 3 is 2.51 bits per heavy atom. The summed E-state index contributed by atoms with van der Waals surface area (Å²) in [6, 6.07) is 17.6. The van der Waals surface area contributed by atoms with Crippen molar-refractivity contribution < 1.29 is 9.59 Å². The highest BCUT2D eigenvalue weighted by Gasteiger charge is 2.24. The summed E-state index contributed by atoms with van der Waals surface area (Å²) < 4.78 is 1.80.